The lowest BCUT2D eigenvalue weighted by molar-refractivity contribution is -0.135. The van der Waals surface area contributed by atoms with Gasteiger partial charge < -0.3 is 29.2 Å². The van der Waals surface area contributed by atoms with Crippen molar-refractivity contribution >= 4 is 22.7 Å². The van der Waals surface area contributed by atoms with Crippen LogP contribution in [-0.4, -0.2) is 72.2 Å². The van der Waals surface area contributed by atoms with Crippen LogP contribution in [0.5, 0.6) is 11.5 Å². The predicted octanol–water partition coefficient (Wildman–Crippen LogP) is 1.28. The van der Waals surface area contributed by atoms with E-state index in [9.17, 15) is 14.4 Å². The molecule has 3 heterocycles. The summed E-state index contributed by atoms with van der Waals surface area (Å²) in [7, 11) is 2.02. The van der Waals surface area contributed by atoms with E-state index in [1.807, 2.05) is 32.4 Å². The second-order valence-electron chi connectivity index (χ2n) is 8.70. The van der Waals surface area contributed by atoms with Gasteiger partial charge in [-0.3, -0.25) is 14.4 Å². The molecule has 4 rings (SSSR count). The summed E-state index contributed by atoms with van der Waals surface area (Å²) in [5.41, 5.74) is 0.289. The number of aryl methyl sites for hydroxylation is 1. The van der Waals surface area contributed by atoms with E-state index in [1.54, 1.807) is 23.2 Å². The number of amides is 2. The summed E-state index contributed by atoms with van der Waals surface area (Å²) in [6, 6.07) is 2.68. The predicted molar refractivity (Wildman–Crippen MR) is 120 cm³/mol. The third-order valence-corrected chi connectivity index (χ3v) is 6.19. The number of nitrogens with one attached hydrogen (secondary N) is 1. The maximum absolute atomic E-state index is 13.2. The van der Waals surface area contributed by atoms with Crippen LogP contribution >= 0.6 is 0 Å². The van der Waals surface area contributed by atoms with E-state index < -0.39 is 17.4 Å². The average molecular weight is 443 g/mol. The summed E-state index contributed by atoms with van der Waals surface area (Å²) < 4.78 is 12.7. The van der Waals surface area contributed by atoms with E-state index in [4.69, 9.17) is 9.47 Å². The number of fused-ring (bicyclic) bond motifs is 2. The minimum atomic E-state index is -0.701. The van der Waals surface area contributed by atoms with E-state index in [1.165, 1.54) is 0 Å². The van der Waals surface area contributed by atoms with Gasteiger partial charge in [-0.25, -0.2) is 0 Å². The van der Waals surface area contributed by atoms with Crippen LogP contribution in [0.2, 0.25) is 0 Å². The van der Waals surface area contributed by atoms with Crippen molar-refractivity contribution in [3.63, 3.8) is 0 Å². The van der Waals surface area contributed by atoms with Gasteiger partial charge in [-0.15, -0.1) is 0 Å². The number of likely N-dealkylation sites (N-methyl/N-ethyl adjacent to an activating group) is 1. The molecule has 0 saturated carbocycles. The Morgan fingerprint density at radius 3 is 2.38 bits per heavy atom. The second kappa shape index (κ2) is 8.82. The molecule has 2 aliphatic heterocycles. The zero-order valence-electron chi connectivity index (χ0n) is 19.0. The molecule has 1 fully saturated rings. The molecular weight excluding hydrogens is 412 g/mol. The first kappa shape index (κ1) is 22.1. The summed E-state index contributed by atoms with van der Waals surface area (Å²) in [6.45, 7) is 9.23. The minimum Gasteiger partial charge on any atom is -0.454 e. The quantitative estimate of drug-likeness (QED) is 0.750. The number of carbonyl (C=O) groups excluding carboxylic acids is 2. The fourth-order valence-corrected chi connectivity index (χ4v) is 4.16. The molecule has 0 aliphatic carbocycles. The number of hydrogen-bond acceptors (Lipinski definition) is 6. The van der Waals surface area contributed by atoms with Crippen LogP contribution < -0.4 is 20.2 Å². The van der Waals surface area contributed by atoms with Crippen molar-refractivity contribution in [2.45, 2.75) is 33.4 Å². The van der Waals surface area contributed by atoms with Gasteiger partial charge in [0.05, 0.1) is 10.9 Å². The van der Waals surface area contributed by atoms with Crippen LogP contribution in [0.25, 0.3) is 10.9 Å². The van der Waals surface area contributed by atoms with Crippen molar-refractivity contribution in [1.29, 1.82) is 0 Å². The Bertz CT molecular complexity index is 1100. The molecule has 0 bridgehead atoms. The Kier molecular flexibility index (Phi) is 6.10. The smallest absolute Gasteiger partial charge is 0.257 e. The van der Waals surface area contributed by atoms with E-state index in [-0.39, 0.29) is 24.2 Å². The van der Waals surface area contributed by atoms with Crippen molar-refractivity contribution in [3.05, 3.63) is 34.1 Å². The van der Waals surface area contributed by atoms with Crippen molar-refractivity contribution in [2.75, 3.05) is 40.0 Å². The van der Waals surface area contributed by atoms with Crippen LogP contribution in [0.15, 0.2) is 23.1 Å². The second-order valence-corrected chi connectivity index (χ2v) is 8.70. The first-order valence-electron chi connectivity index (χ1n) is 11.0. The van der Waals surface area contributed by atoms with Gasteiger partial charge in [0.1, 0.15) is 11.6 Å². The third kappa shape index (κ3) is 4.04. The lowest BCUT2D eigenvalue weighted by Crippen LogP contribution is -2.56. The topological polar surface area (TPSA) is 93.1 Å². The lowest BCUT2D eigenvalue weighted by Gasteiger charge is -2.35. The van der Waals surface area contributed by atoms with Crippen LogP contribution in [0.1, 0.15) is 31.1 Å². The molecule has 1 saturated heterocycles. The van der Waals surface area contributed by atoms with Gasteiger partial charge in [-0.2, -0.15) is 0 Å². The van der Waals surface area contributed by atoms with Crippen molar-refractivity contribution in [2.24, 2.45) is 5.92 Å². The summed E-state index contributed by atoms with van der Waals surface area (Å²) in [4.78, 5) is 43.5. The molecule has 0 unspecified atom stereocenters. The van der Waals surface area contributed by atoms with Crippen molar-refractivity contribution < 1.29 is 19.1 Å². The Labute approximate surface area is 186 Å². The van der Waals surface area contributed by atoms with Crippen LogP contribution in [0.4, 0.5) is 0 Å². The highest BCUT2D eigenvalue weighted by molar-refractivity contribution is 6.00. The van der Waals surface area contributed by atoms with Crippen molar-refractivity contribution in [1.82, 2.24) is 19.7 Å². The summed E-state index contributed by atoms with van der Waals surface area (Å²) in [5, 5.41) is 3.22. The number of rotatable bonds is 5. The highest BCUT2D eigenvalue weighted by Crippen LogP contribution is 2.35. The number of aromatic nitrogens is 1. The Morgan fingerprint density at radius 2 is 1.75 bits per heavy atom. The van der Waals surface area contributed by atoms with Gasteiger partial charge in [0.25, 0.3) is 5.91 Å². The number of hydrogen-bond donors (Lipinski definition) is 1. The van der Waals surface area contributed by atoms with Gasteiger partial charge in [-0.05, 0) is 26.0 Å². The van der Waals surface area contributed by atoms with Gasteiger partial charge in [0.2, 0.25) is 18.1 Å². The molecule has 2 amide bonds. The third-order valence-electron chi connectivity index (χ3n) is 6.19. The van der Waals surface area contributed by atoms with Crippen LogP contribution in [0, 0.1) is 5.92 Å². The molecule has 0 radical (unpaired) electrons. The summed E-state index contributed by atoms with van der Waals surface area (Å²) >= 11 is 0. The fourth-order valence-electron chi connectivity index (χ4n) is 4.16. The monoisotopic (exact) mass is 442 g/mol. The standard InChI is InChI=1S/C23H30N4O5/c1-5-26-12-16(21(28)15-10-18-19(11-17(15)26)32-13-31-18)22(29)24-20(14(2)3)23(30)27-8-6-25(4)7-9-27/h10-12,14,20H,5-9,13H2,1-4H3,(H,24,29)/t20-/m0/s1. The molecule has 1 N–H and O–H groups in total. The normalized spacial score (nSPS) is 17.1. The van der Waals surface area contributed by atoms with Gasteiger partial charge in [0, 0.05) is 45.0 Å². The maximum atomic E-state index is 13.2. The average Bonchev–Trinajstić information content (AvgIpc) is 3.24. The molecule has 1 aromatic heterocycles. The van der Waals surface area contributed by atoms with E-state index in [2.05, 4.69) is 10.2 Å². The molecule has 2 aromatic rings. The minimum absolute atomic E-state index is 0.00930. The summed E-state index contributed by atoms with van der Waals surface area (Å²) in [5.74, 6) is 0.294. The maximum Gasteiger partial charge on any atom is 0.257 e. The number of carbonyl (C=O) groups is 2. The number of nitrogens with zero attached hydrogens (tertiary/aromatic N) is 3. The zero-order chi connectivity index (χ0) is 23.0. The number of ether oxygens (including phenoxy) is 2. The molecule has 0 spiro atoms. The Balaban J connectivity index is 1.65. The Morgan fingerprint density at radius 1 is 1.09 bits per heavy atom. The number of benzene rings is 1. The number of piperazine rings is 1. The first-order chi connectivity index (χ1) is 15.3. The van der Waals surface area contributed by atoms with Crippen molar-refractivity contribution in [3.8, 4) is 11.5 Å². The van der Waals surface area contributed by atoms with E-state index in [0.29, 0.717) is 42.0 Å². The number of pyridine rings is 1. The molecule has 1 aromatic carbocycles. The molecule has 32 heavy (non-hydrogen) atoms. The van der Waals surface area contributed by atoms with Gasteiger partial charge in [0.15, 0.2) is 11.5 Å². The molecule has 2 aliphatic rings. The highest BCUT2D eigenvalue weighted by Gasteiger charge is 2.31. The first-order valence-corrected chi connectivity index (χ1v) is 11.0. The molecule has 9 nitrogen and oxygen atoms in total. The molecule has 1 atom stereocenters. The molecule has 172 valence electrons. The lowest BCUT2D eigenvalue weighted by atomic mass is 10.0. The van der Waals surface area contributed by atoms with E-state index in [0.717, 1.165) is 13.1 Å². The largest absolute Gasteiger partial charge is 0.454 e. The fraction of sp³-hybridized carbons (Fsp3) is 0.522. The van der Waals surface area contributed by atoms with Gasteiger partial charge in [-0.1, -0.05) is 13.8 Å². The summed E-state index contributed by atoms with van der Waals surface area (Å²) in [6.07, 6.45) is 1.56. The van der Waals surface area contributed by atoms with Crippen LogP contribution in [0.3, 0.4) is 0 Å². The highest BCUT2D eigenvalue weighted by atomic mass is 16.7. The SMILES string of the molecule is CCn1cc(C(=O)N[C@H](C(=O)N2CCN(C)CC2)C(C)C)c(=O)c2cc3c(cc21)OCO3. The zero-order valence-corrected chi connectivity index (χ0v) is 19.0. The van der Waals surface area contributed by atoms with Crippen LogP contribution in [-0.2, 0) is 11.3 Å². The van der Waals surface area contributed by atoms with Gasteiger partial charge >= 0.3 is 0 Å². The van der Waals surface area contributed by atoms with E-state index >= 15 is 0 Å². The molecular formula is C23H30N4O5. The molecule has 9 heteroatoms. The Hall–Kier alpha value is -3.07.